The predicted molar refractivity (Wildman–Crippen MR) is 64.7 cm³/mol. The first-order valence-corrected chi connectivity index (χ1v) is 6.45. The van der Waals surface area contributed by atoms with Gasteiger partial charge < -0.3 is 5.32 Å². The van der Waals surface area contributed by atoms with Crippen LogP contribution in [0.1, 0.15) is 0 Å². The van der Waals surface area contributed by atoms with Crippen molar-refractivity contribution >= 4 is 32.9 Å². The van der Waals surface area contributed by atoms with Crippen LogP contribution in [0.15, 0.2) is 29.2 Å². The van der Waals surface area contributed by atoms with E-state index < -0.39 is 20.2 Å². The number of nitrogens with zero attached hydrogens (tertiary/aromatic N) is 1. The fourth-order valence-electron chi connectivity index (χ4n) is 1.09. The van der Waals surface area contributed by atoms with E-state index in [0.29, 0.717) is 0 Å². The highest BCUT2D eigenvalue weighted by Crippen LogP contribution is 2.31. The fourth-order valence-corrected chi connectivity index (χ4v) is 2.06. The first-order chi connectivity index (χ1) is 8.68. The summed E-state index contributed by atoms with van der Waals surface area (Å²) in [6, 6.07) is 4.01. The molecule has 0 amide bonds. The summed E-state index contributed by atoms with van der Waals surface area (Å²) in [5.41, 5.74) is -5.37. The number of benzene rings is 1. The lowest BCUT2D eigenvalue weighted by Crippen LogP contribution is -2.25. The third kappa shape index (κ3) is 3.55. The number of halogens is 3. The molecule has 1 aromatic rings. The molecular formula is C9H6F3N3O2S2. The maximum absolute atomic E-state index is 12.3. The molecule has 0 saturated heterocycles. The van der Waals surface area contributed by atoms with E-state index >= 15 is 0 Å². The molecule has 0 heterocycles. The van der Waals surface area contributed by atoms with Crippen LogP contribution in [0.4, 0.5) is 18.9 Å². The number of sulfone groups is 1. The molecule has 0 aliphatic rings. The Bertz CT molecular complexity index is 635. The van der Waals surface area contributed by atoms with Crippen molar-refractivity contribution in [1.29, 1.82) is 5.26 Å². The van der Waals surface area contributed by atoms with Gasteiger partial charge in [-0.15, -0.1) is 0 Å². The lowest BCUT2D eigenvalue weighted by molar-refractivity contribution is -0.0435. The number of alkyl halides is 3. The molecule has 0 aliphatic heterocycles. The van der Waals surface area contributed by atoms with E-state index in [9.17, 15) is 21.6 Å². The summed E-state index contributed by atoms with van der Waals surface area (Å²) in [6.07, 6.45) is 1.50. The smallest absolute Gasteiger partial charge is 0.332 e. The van der Waals surface area contributed by atoms with Gasteiger partial charge in [-0.25, -0.2) is 8.42 Å². The van der Waals surface area contributed by atoms with Crippen LogP contribution < -0.4 is 10.6 Å². The number of nitriles is 1. The lowest BCUT2D eigenvalue weighted by atomic mass is 10.3. The summed E-state index contributed by atoms with van der Waals surface area (Å²) in [4.78, 5) is -0.912. The number of hydrogen-bond donors (Lipinski definition) is 2. The SMILES string of the molecule is N#CNC(=S)Nc1cccc(S(=O)(=O)C(F)(F)F)c1. The largest absolute Gasteiger partial charge is 0.501 e. The van der Waals surface area contributed by atoms with Gasteiger partial charge in [0.15, 0.2) is 11.3 Å². The second-order valence-electron chi connectivity index (χ2n) is 3.17. The topological polar surface area (TPSA) is 82.0 Å². The molecule has 0 atom stereocenters. The minimum atomic E-state index is -5.42. The van der Waals surface area contributed by atoms with Gasteiger partial charge in [-0.2, -0.15) is 18.4 Å². The zero-order valence-corrected chi connectivity index (χ0v) is 10.7. The first-order valence-electron chi connectivity index (χ1n) is 4.56. The minimum absolute atomic E-state index is 0.0121. The molecule has 2 N–H and O–H groups in total. The fraction of sp³-hybridized carbons (Fsp3) is 0.111. The number of anilines is 1. The Balaban J connectivity index is 3.09. The zero-order chi connectivity index (χ0) is 14.7. The maximum atomic E-state index is 12.3. The molecule has 0 radical (unpaired) electrons. The minimum Gasteiger partial charge on any atom is -0.332 e. The third-order valence-electron chi connectivity index (χ3n) is 1.88. The molecular weight excluding hydrogens is 303 g/mol. The Morgan fingerprint density at radius 1 is 1.37 bits per heavy atom. The molecule has 1 aromatic carbocycles. The van der Waals surface area contributed by atoms with Crippen molar-refractivity contribution in [3.05, 3.63) is 24.3 Å². The van der Waals surface area contributed by atoms with Gasteiger partial charge in [0.25, 0.3) is 9.84 Å². The van der Waals surface area contributed by atoms with Gasteiger partial charge in [0.2, 0.25) is 0 Å². The van der Waals surface area contributed by atoms with Crippen molar-refractivity contribution in [3.8, 4) is 6.19 Å². The number of hydrogen-bond acceptors (Lipinski definition) is 4. The Morgan fingerprint density at radius 2 is 2.00 bits per heavy atom. The van der Waals surface area contributed by atoms with E-state index in [-0.39, 0.29) is 10.8 Å². The quantitative estimate of drug-likeness (QED) is 0.492. The predicted octanol–water partition coefficient (Wildman–Crippen LogP) is 1.75. The van der Waals surface area contributed by atoms with E-state index in [1.807, 2.05) is 5.32 Å². The van der Waals surface area contributed by atoms with Gasteiger partial charge in [-0.3, -0.25) is 5.32 Å². The van der Waals surface area contributed by atoms with Crippen LogP contribution in [0, 0.1) is 11.5 Å². The van der Waals surface area contributed by atoms with Gasteiger partial charge in [0.05, 0.1) is 4.90 Å². The van der Waals surface area contributed by atoms with Crippen LogP contribution in [-0.4, -0.2) is 19.0 Å². The van der Waals surface area contributed by atoms with Gasteiger partial charge in [-0.05, 0) is 30.4 Å². The highest BCUT2D eigenvalue weighted by molar-refractivity contribution is 7.92. The molecule has 0 bridgehead atoms. The van der Waals surface area contributed by atoms with E-state index in [1.165, 1.54) is 12.3 Å². The number of thiocarbonyl (C=S) groups is 1. The Kier molecular flexibility index (Phi) is 4.33. The summed E-state index contributed by atoms with van der Waals surface area (Å²) < 4.78 is 59.4. The Morgan fingerprint density at radius 3 is 2.53 bits per heavy atom. The van der Waals surface area contributed by atoms with E-state index in [4.69, 9.17) is 5.26 Å². The highest BCUT2D eigenvalue weighted by atomic mass is 32.2. The van der Waals surface area contributed by atoms with Crippen LogP contribution in [-0.2, 0) is 9.84 Å². The van der Waals surface area contributed by atoms with E-state index in [0.717, 1.165) is 18.2 Å². The van der Waals surface area contributed by atoms with Gasteiger partial charge >= 0.3 is 5.51 Å². The van der Waals surface area contributed by atoms with Gasteiger partial charge in [-0.1, -0.05) is 6.07 Å². The number of nitrogens with one attached hydrogen (secondary N) is 2. The van der Waals surface area contributed by atoms with Crippen LogP contribution in [0.3, 0.4) is 0 Å². The Labute approximate surface area is 111 Å². The van der Waals surface area contributed by atoms with Crippen molar-refractivity contribution in [2.75, 3.05) is 5.32 Å². The molecule has 1 rings (SSSR count). The highest BCUT2D eigenvalue weighted by Gasteiger charge is 2.46. The average Bonchev–Trinajstić information content (AvgIpc) is 2.28. The molecule has 0 unspecified atom stereocenters. The summed E-state index contributed by atoms with van der Waals surface area (Å²) >= 11 is 4.63. The second-order valence-corrected chi connectivity index (χ2v) is 5.52. The molecule has 0 aliphatic carbocycles. The van der Waals surface area contributed by atoms with Crippen molar-refractivity contribution in [2.45, 2.75) is 10.4 Å². The van der Waals surface area contributed by atoms with Crippen LogP contribution in [0.25, 0.3) is 0 Å². The molecule has 5 nitrogen and oxygen atoms in total. The van der Waals surface area contributed by atoms with Gasteiger partial charge in [0.1, 0.15) is 0 Å². The second kappa shape index (κ2) is 5.41. The van der Waals surface area contributed by atoms with Crippen LogP contribution >= 0.6 is 12.2 Å². The van der Waals surface area contributed by atoms with Crippen molar-refractivity contribution in [3.63, 3.8) is 0 Å². The molecule has 19 heavy (non-hydrogen) atoms. The van der Waals surface area contributed by atoms with Crippen molar-refractivity contribution in [2.24, 2.45) is 0 Å². The van der Waals surface area contributed by atoms with Crippen LogP contribution in [0.5, 0.6) is 0 Å². The lowest BCUT2D eigenvalue weighted by Gasteiger charge is -2.10. The van der Waals surface area contributed by atoms with Gasteiger partial charge in [0, 0.05) is 5.69 Å². The molecule has 0 saturated carbocycles. The summed E-state index contributed by atoms with van der Waals surface area (Å²) in [7, 11) is -5.42. The summed E-state index contributed by atoms with van der Waals surface area (Å²) in [6.45, 7) is 0. The Hall–Kier alpha value is -1.86. The number of rotatable bonds is 2. The standard InChI is InChI=1S/C9H6F3N3O2S2/c10-9(11,12)19(16,17)7-3-1-2-6(4-7)15-8(18)14-5-13/h1-4H,(H2,14,15,18). The normalized spacial score (nSPS) is 11.5. The molecule has 102 valence electrons. The van der Waals surface area contributed by atoms with E-state index in [1.54, 1.807) is 0 Å². The molecule has 0 spiro atoms. The summed E-state index contributed by atoms with van der Waals surface area (Å²) in [5.74, 6) is 0. The zero-order valence-electron chi connectivity index (χ0n) is 9.02. The third-order valence-corrected chi connectivity index (χ3v) is 3.56. The van der Waals surface area contributed by atoms with Crippen LogP contribution in [0.2, 0.25) is 0 Å². The summed E-state index contributed by atoms with van der Waals surface area (Å²) in [5, 5.41) is 12.5. The molecule has 0 aromatic heterocycles. The average molecular weight is 309 g/mol. The first kappa shape index (κ1) is 15.2. The molecule has 0 fully saturated rings. The maximum Gasteiger partial charge on any atom is 0.501 e. The van der Waals surface area contributed by atoms with Crippen molar-refractivity contribution in [1.82, 2.24) is 5.32 Å². The van der Waals surface area contributed by atoms with Crippen molar-refractivity contribution < 1.29 is 21.6 Å². The van der Waals surface area contributed by atoms with E-state index in [2.05, 4.69) is 17.5 Å². The monoisotopic (exact) mass is 309 g/mol. The molecule has 10 heteroatoms.